The minimum atomic E-state index is -0.627. The standard InChI is InChI=1S/C59H107N9O18/c1-46(67(28-40-78-34-22-62-52(72)83-56(3,4)5)29-41-79-35-23-63-53(73)84-57(6,7)8)50(70)60-20-32-76-38-26-66(44-49(69)82-45-48-18-16-15-17-19-48)27-39-77-33-21-61-51(71)47(2)68(30-42-80-36-24-64-54(74)85-58(9,10)11)31-43-81-37-25-65-55(75)86-59(12,13)14/h15-19,46-47H,20-45H2,1-14H3,(H,60,70)(H,61,71)(H,62,72)(H,63,73)(H,64,74)(H,65,75)/t46-,47-/m0/s1. The minimum Gasteiger partial charge on any atom is -0.460 e. The lowest BCUT2D eigenvalue weighted by Gasteiger charge is -2.28. The van der Waals surface area contributed by atoms with Gasteiger partial charge in [0, 0.05) is 78.5 Å². The normalized spacial score (nSPS) is 12.7. The predicted molar refractivity (Wildman–Crippen MR) is 323 cm³/mol. The van der Waals surface area contributed by atoms with E-state index in [-0.39, 0.29) is 144 Å². The average Bonchev–Trinajstić information content (AvgIpc) is 3.59. The van der Waals surface area contributed by atoms with Crippen molar-refractivity contribution in [2.75, 3.05) is 164 Å². The highest BCUT2D eigenvalue weighted by Gasteiger charge is 2.24. The molecule has 0 fully saturated rings. The van der Waals surface area contributed by atoms with Crippen molar-refractivity contribution in [3.63, 3.8) is 0 Å². The van der Waals surface area contributed by atoms with Gasteiger partial charge in [0.05, 0.1) is 97.9 Å². The van der Waals surface area contributed by atoms with Gasteiger partial charge in [-0.3, -0.25) is 29.1 Å². The quantitative estimate of drug-likeness (QED) is 0.0307. The molecule has 0 aliphatic heterocycles. The molecular weight excluding hydrogens is 1120 g/mol. The smallest absolute Gasteiger partial charge is 0.407 e. The summed E-state index contributed by atoms with van der Waals surface area (Å²) in [7, 11) is 0. The van der Waals surface area contributed by atoms with Crippen molar-refractivity contribution >= 4 is 42.2 Å². The number of rotatable bonds is 44. The summed E-state index contributed by atoms with van der Waals surface area (Å²) >= 11 is 0. The molecule has 496 valence electrons. The number of hydrogen-bond acceptors (Lipinski definition) is 21. The Balaban J connectivity index is 2.78. The molecule has 1 aromatic rings. The van der Waals surface area contributed by atoms with E-state index in [1.807, 2.05) is 45.0 Å². The van der Waals surface area contributed by atoms with Gasteiger partial charge >= 0.3 is 30.3 Å². The third-order valence-electron chi connectivity index (χ3n) is 11.4. The Labute approximate surface area is 511 Å². The van der Waals surface area contributed by atoms with Gasteiger partial charge in [0.1, 0.15) is 29.0 Å². The van der Waals surface area contributed by atoms with Crippen LogP contribution in [0, 0.1) is 0 Å². The van der Waals surface area contributed by atoms with Crippen molar-refractivity contribution in [2.24, 2.45) is 0 Å². The molecule has 27 heteroatoms. The highest BCUT2D eigenvalue weighted by molar-refractivity contribution is 5.81. The van der Waals surface area contributed by atoms with Gasteiger partial charge < -0.3 is 84.0 Å². The van der Waals surface area contributed by atoms with Gasteiger partial charge in [-0.25, -0.2) is 19.2 Å². The summed E-state index contributed by atoms with van der Waals surface area (Å²) < 4.78 is 61.5. The van der Waals surface area contributed by atoms with Crippen LogP contribution in [-0.4, -0.2) is 256 Å². The summed E-state index contributed by atoms with van der Waals surface area (Å²) in [5, 5.41) is 16.5. The van der Waals surface area contributed by atoms with Crippen LogP contribution >= 0.6 is 0 Å². The monoisotopic (exact) mass is 1230 g/mol. The molecule has 0 aromatic heterocycles. The number of benzene rings is 1. The van der Waals surface area contributed by atoms with Gasteiger partial charge in [0.2, 0.25) is 11.8 Å². The summed E-state index contributed by atoms with van der Waals surface area (Å²) in [6.45, 7) is 31.4. The second kappa shape index (κ2) is 43.9. The van der Waals surface area contributed by atoms with Crippen molar-refractivity contribution in [1.29, 1.82) is 0 Å². The SMILES string of the molecule is C[C@@H](C(=O)NCCOCCN(CCOCCNC(=O)[C@H](C)N(CCOCCNC(=O)OC(C)(C)C)CCOCCNC(=O)OC(C)(C)C)CC(=O)OCc1ccccc1)N(CCOCCNC(=O)OC(C)(C)C)CCOCCNC(=O)OC(C)(C)C. The van der Waals surface area contributed by atoms with Crippen molar-refractivity contribution < 1.29 is 85.7 Å². The van der Waals surface area contributed by atoms with Crippen LogP contribution < -0.4 is 31.9 Å². The maximum atomic E-state index is 13.4. The van der Waals surface area contributed by atoms with Gasteiger partial charge in [0.25, 0.3) is 0 Å². The van der Waals surface area contributed by atoms with E-state index in [1.54, 1.807) is 96.9 Å². The number of ether oxygens (including phenoxy) is 11. The number of nitrogens with zero attached hydrogens (tertiary/aromatic N) is 3. The summed E-state index contributed by atoms with van der Waals surface area (Å²) in [6.07, 6.45) is -2.17. The highest BCUT2D eigenvalue weighted by Crippen LogP contribution is 2.10. The third-order valence-corrected chi connectivity index (χ3v) is 11.4. The second-order valence-corrected chi connectivity index (χ2v) is 23.8. The van der Waals surface area contributed by atoms with Crippen LogP contribution in [0.5, 0.6) is 0 Å². The number of esters is 1. The van der Waals surface area contributed by atoms with E-state index in [1.165, 1.54) is 0 Å². The Morgan fingerprint density at radius 2 is 0.651 bits per heavy atom. The molecule has 0 radical (unpaired) electrons. The number of carbonyl (C=O) groups excluding carboxylic acids is 7. The largest absolute Gasteiger partial charge is 0.460 e. The Bertz CT molecular complexity index is 1860. The first kappa shape index (κ1) is 78.4. The molecule has 0 saturated heterocycles. The molecule has 0 aliphatic rings. The van der Waals surface area contributed by atoms with Gasteiger partial charge in [-0.2, -0.15) is 0 Å². The van der Waals surface area contributed by atoms with E-state index in [4.69, 9.17) is 52.1 Å². The molecule has 0 spiro atoms. The van der Waals surface area contributed by atoms with Crippen molar-refractivity contribution in [3.8, 4) is 0 Å². The van der Waals surface area contributed by atoms with Gasteiger partial charge in [-0.15, -0.1) is 0 Å². The molecule has 27 nitrogen and oxygen atoms in total. The van der Waals surface area contributed by atoms with E-state index < -0.39 is 64.8 Å². The van der Waals surface area contributed by atoms with Crippen LogP contribution in [-0.2, 0) is 73.1 Å². The average molecular weight is 1230 g/mol. The Morgan fingerprint density at radius 1 is 0.384 bits per heavy atom. The van der Waals surface area contributed by atoms with E-state index in [2.05, 4.69) is 31.9 Å². The Morgan fingerprint density at radius 3 is 0.930 bits per heavy atom. The first-order valence-corrected chi connectivity index (χ1v) is 29.7. The van der Waals surface area contributed by atoms with Gasteiger partial charge in [-0.1, -0.05) is 30.3 Å². The van der Waals surface area contributed by atoms with E-state index in [0.29, 0.717) is 39.3 Å². The fraction of sp³-hybridized carbons (Fsp3) is 0.780. The minimum absolute atomic E-state index is 0.0321. The number of hydrogen-bond donors (Lipinski definition) is 6. The fourth-order valence-corrected chi connectivity index (χ4v) is 7.24. The fourth-order valence-electron chi connectivity index (χ4n) is 7.24. The molecule has 0 aliphatic carbocycles. The Hall–Kier alpha value is -5.65. The Kier molecular flexibility index (Phi) is 40.0. The number of carbonyl (C=O) groups is 7. The maximum Gasteiger partial charge on any atom is 0.407 e. The van der Waals surface area contributed by atoms with Crippen LogP contribution in [0.1, 0.15) is 102 Å². The van der Waals surface area contributed by atoms with Crippen LogP contribution in [0.15, 0.2) is 30.3 Å². The molecule has 0 unspecified atom stereocenters. The zero-order valence-electron chi connectivity index (χ0n) is 54.1. The van der Waals surface area contributed by atoms with Crippen molar-refractivity contribution in [2.45, 2.75) is 138 Å². The van der Waals surface area contributed by atoms with Crippen LogP contribution in [0.25, 0.3) is 0 Å². The number of nitrogens with one attached hydrogen (secondary N) is 6. The van der Waals surface area contributed by atoms with Crippen LogP contribution in [0.4, 0.5) is 19.2 Å². The molecule has 0 bridgehead atoms. The molecule has 0 heterocycles. The molecule has 1 aromatic carbocycles. The lowest BCUT2D eigenvalue weighted by molar-refractivity contribution is -0.146. The van der Waals surface area contributed by atoms with E-state index >= 15 is 0 Å². The zero-order chi connectivity index (χ0) is 64.4. The van der Waals surface area contributed by atoms with Crippen LogP contribution in [0.2, 0.25) is 0 Å². The van der Waals surface area contributed by atoms with Crippen molar-refractivity contribution in [3.05, 3.63) is 35.9 Å². The van der Waals surface area contributed by atoms with Crippen LogP contribution in [0.3, 0.4) is 0 Å². The lowest BCUT2D eigenvalue weighted by atomic mass is 10.2. The molecule has 2 atom stereocenters. The molecule has 0 saturated carbocycles. The van der Waals surface area contributed by atoms with E-state index in [0.717, 1.165) is 5.56 Å². The molecule has 6 amide bonds. The molecular formula is C59H107N9O18. The highest BCUT2D eigenvalue weighted by atomic mass is 16.6. The summed E-state index contributed by atoms with van der Waals surface area (Å²) in [4.78, 5) is 93.6. The number of alkyl carbamates (subject to hydrolysis) is 4. The third kappa shape index (κ3) is 45.6. The molecule has 1 rings (SSSR count). The maximum absolute atomic E-state index is 13.4. The summed E-state index contributed by atoms with van der Waals surface area (Å²) in [5.74, 6) is -0.910. The predicted octanol–water partition coefficient (Wildman–Crippen LogP) is 3.84. The zero-order valence-corrected chi connectivity index (χ0v) is 54.1. The second-order valence-electron chi connectivity index (χ2n) is 23.8. The van der Waals surface area contributed by atoms with Crippen molar-refractivity contribution in [1.82, 2.24) is 46.6 Å². The lowest BCUT2D eigenvalue weighted by Crippen LogP contribution is -2.48. The first-order chi connectivity index (χ1) is 40.4. The van der Waals surface area contributed by atoms with E-state index in [9.17, 15) is 33.6 Å². The number of amides is 6. The topological polar surface area (TPSA) is 303 Å². The van der Waals surface area contributed by atoms with Gasteiger partial charge in [0.15, 0.2) is 0 Å². The molecule has 86 heavy (non-hydrogen) atoms. The summed E-state index contributed by atoms with van der Waals surface area (Å²) in [6, 6.07) is 8.19. The first-order valence-electron chi connectivity index (χ1n) is 29.7. The molecule has 6 N–H and O–H groups in total. The van der Waals surface area contributed by atoms with Gasteiger partial charge in [-0.05, 0) is 102 Å². The summed E-state index contributed by atoms with van der Waals surface area (Å²) in [5.41, 5.74) is -1.65.